The van der Waals surface area contributed by atoms with Crippen LogP contribution in [0.4, 0.5) is 5.82 Å². The van der Waals surface area contributed by atoms with E-state index < -0.39 is 0 Å². The van der Waals surface area contributed by atoms with Crippen molar-refractivity contribution >= 4 is 11.7 Å². The molecule has 178 valence electrons. The number of aromatic nitrogens is 5. The Morgan fingerprint density at radius 3 is 2.60 bits per heavy atom. The summed E-state index contributed by atoms with van der Waals surface area (Å²) in [7, 11) is 4.82. The lowest BCUT2D eigenvalue weighted by molar-refractivity contribution is -0.116. The zero-order chi connectivity index (χ0) is 24.5. The Kier molecular flexibility index (Phi) is 5.77. The monoisotopic (exact) mass is 472 g/mol. The Morgan fingerprint density at radius 2 is 1.83 bits per heavy atom. The molecule has 0 radical (unpaired) electrons. The number of carbonyl (C=O) groups excluding carboxylic acids is 1. The third-order valence-electron chi connectivity index (χ3n) is 6.02. The number of aryl methyl sites for hydroxylation is 1. The lowest BCUT2D eigenvalue weighted by atomic mass is 9.85. The summed E-state index contributed by atoms with van der Waals surface area (Å²) in [5.74, 6) is 2.37. The summed E-state index contributed by atoms with van der Waals surface area (Å²) in [6.07, 6.45) is 1.82. The molecule has 0 spiro atoms. The summed E-state index contributed by atoms with van der Waals surface area (Å²) in [5.41, 5.74) is 3.87. The van der Waals surface area contributed by atoms with E-state index in [2.05, 4.69) is 25.6 Å². The van der Waals surface area contributed by atoms with Crippen molar-refractivity contribution in [2.45, 2.75) is 19.3 Å². The first-order valence-corrected chi connectivity index (χ1v) is 11.0. The molecular weight excluding hydrogens is 448 g/mol. The van der Waals surface area contributed by atoms with Gasteiger partial charge in [-0.2, -0.15) is 14.9 Å². The van der Waals surface area contributed by atoms with E-state index in [4.69, 9.17) is 14.2 Å². The topological polar surface area (TPSA) is 113 Å². The van der Waals surface area contributed by atoms with Crippen molar-refractivity contribution in [3.05, 3.63) is 65.5 Å². The zero-order valence-electron chi connectivity index (χ0n) is 19.8. The highest BCUT2D eigenvalue weighted by Crippen LogP contribution is 2.44. The van der Waals surface area contributed by atoms with Crippen molar-refractivity contribution < 1.29 is 19.0 Å². The van der Waals surface area contributed by atoms with Gasteiger partial charge in [-0.25, -0.2) is 4.98 Å². The third kappa shape index (κ3) is 4.03. The molecule has 0 aliphatic carbocycles. The molecule has 2 aromatic heterocycles. The molecule has 1 N–H and O–H groups in total. The van der Waals surface area contributed by atoms with E-state index in [1.165, 1.54) is 4.68 Å². The number of fused-ring (bicyclic) bond motifs is 1. The van der Waals surface area contributed by atoms with Crippen LogP contribution in [0.2, 0.25) is 0 Å². The summed E-state index contributed by atoms with van der Waals surface area (Å²) in [4.78, 5) is 17.5. The number of nitrogens with zero attached hydrogens (tertiary/aromatic N) is 5. The van der Waals surface area contributed by atoms with Gasteiger partial charge in [0.1, 0.15) is 23.1 Å². The Morgan fingerprint density at radius 1 is 1.03 bits per heavy atom. The van der Waals surface area contributed by atoms with E-state index in [0.29, 0.717) is 28.8 Å². The molecule has 10 nitrogen and oxygen atoms in total. The minimum atomic E-state index is -0.285. The molecule has 0 bridgehead atoms. The largest absolute Gasteiger partial charge is 0.497 e. The molecule has 0 saturated heterocycles. The molecule has 0 fully saturated rings. The average molecular weight is 473 g/mol. The highest BCUT2D eigenvalue weighted by atomic mass is 16.5. The van der Waals surface area contributed by atoms with Gasteiger partial charge in [0.2, 0.25) is 5.91 Å². The number of amides is 1. The van der Waals surface area contributed by atoms with Gasteiger partial charge >= 0.3 is 0 Å². The molecule has 1 amide bonds. The minimum absolute atomic E-state index is 0.148. The molecule has 10 heteroatoms. The van der Waals surface area contributed by atoms with Gasteiger partial charge in [0.15, 0.2) is 0 Å². The van der Waals surface area contributed by atoms with E-state index in [0.717, 1.165) is 22.4 Å². The molecule has 4 aromatic rings. The van der Waals surface area contributed by atoms with E-state index in [9.17, 15) is 4.79 Å². The molecule has 2 aromatic carbocycles. The summed E-state index contributed by atoms with van der Waals surface area (Å²) in [6, 6.07) is 13.1. The van der Waals surface area contributed by atoms with Gasteiger partial charge in [-0.05, 0) is 37.3 Å². The first-order valence-electron chi connectivity index (χ1n) is 11.0. The predicted octanol–water partition coefficient (Wildman–Crippen LogP) is 3.53. The van der Waals surface area contributed by atoms with Gasteiger partial charge in [-0.15, -0.1) is 5.10 Å². The van der Waals surface area contributed by atoms with Crippen LogP contribution in [0.25, 0.3) is 17.2 Å². The highest BCUT2D eigenvalue weighted by Gasteiger charge is 2.35. The van der Waals surface area contributed by atoms with Gasteiger partial charge in [0.05, 0.1) is 38.9 Å². The number of hydrogen-bond donors (Lipinski definition) is 1. The number of rotatable bonds is 6. The van der Waals surface area contributed by atoms with Gasteiger partial charge in [-0.3, -0.25) is 4.79 Å². The van der Waals surface area contributed by atoms with Gasteiger partial charge in [0, 0.05) is 29.0 Å². The molecule has 5 rings (SSSR count). The van der Waals surface area contributed by atoms with Gasteiger partial charge < -0.3 is 19.5 Å². The number of anilines is 1. The van der Waals surface area contributed by atoms with Crippen molar-refractivity contribution in [2.24, 2.45) is 0 Å². The third-order valence-corrected chi connectivity index (χ3v) is 6.02. The van der Waals surface area contributed by atoms with Crippen LogP contribution in [0.1, 0.15) is 29.2 Å². The Bertz CT molecular complexity index is 1420. The Hall–Kier alpha value is -4.47. The van der Waals surface area contributed by atoms with Crippen LogP contribution in [-0.2, 0) is 4.79 Å². The van der Waals surface area contributed by atoms with Crippen molar-refractivity contribution in [1.29, 1.82) is 0 Å². The van der Waals surface area contributed by atoms with E-state index >= 15 is 0 Å². The first kappa shape index (κ1) is 22.3. The fourth-order valence-electron chi connectivity index (χ4n) is 4.37. The minimum Gasteiger partial charge on any atom is -0.497 e. The fourth-order valence-corrected chi connectivity index (χ4v) is 4.37. The summed E-state index contributed by atoms with van der Waals surface area (Å²) < 4.78 is 17.9. The maximum Gasteiger partial charge on any atom is 0.272 e. The number of hydrogen-bond acceptors (Lipinski definition) is 8. The van der Waals surface area contributed by atoms with Crippen LogP contribution in [0.5, 0.6) is 17.2 Å². The number of nitrogens with one attached hydrogen (secondary N) is 1. The smallest absolute Gasteiger partial charge is 0.272 e. The quantitative estimate of drug-likeness (QED) is 0.453. The van der Waals surface area contributed by atoms with Crippen molar-refractivity contribution in [3.8, 4) is 34.5 Å². The van der Waals surface area contributed by atoms with Crippen LogP contribution in [0, 0.1) is 6.92 Å². The standard InChI is InChI=1S/C25H24N6O4/c1-14-23-19(18-11-17(34-3)8-9-21(18)35-4)12-22(32)28-24(23)31(30-14)25-27-20(13-26-29-25)15-6-5-7-16(10-15)33-2/h5-11,13,19H,12H2,1-4H3,(H,28,32). The Balaban J connectivity index is 1.62. The maximum atomic E-state index is 12.8. The van der Waals surface area contributed by atoms with Crippen LogP contribution < -0.4 is 19.5 Å². The van der Waals surface area contributed by atoms with E-state index in [1.807, 2.05) is 49.4 Å². The Labute approximate surface area is 201 Å². The molecule has 35 heavy (non-hydrogen) atoms. The molecule has 0 saturated carbocycles. The lowest BCUT2D eigenvalue weighted by Gasteiger charge is -2.25. The summed E-state index contributed by atoms with van der Waals surface area (Å²) in [6.45, 7) is 1.89. The highest BCUT2D eigenvalue weighted by molar-refractivity contribution is 5.95. The zero-order valence-corrected chi connectivity index (χ0v) is 19.8. The number of methoxy groups -OCH3 is 3. The van der Waals surface area contributed by atoms with E-state index in [-0.39, 0.29) is 24.2 Å². The first-order chi connectivity index (χ1) is 17.0. The SMILES string of the molecule is COc1cccc(-c2cnnc(-n3nc(C)c4c3NC(=O)CC4c3cc(OC)ccc3OC)n2)c1. The van der Waals surface area contributed by atoms with Crippen LogP contribution in [0.3, 0.4) is 0 Å². The van der Waals surface area contributed by atoms with Crippen LogP contribution in [0.15, 0.2) is 48.7 Å². The summed E-state index contributed by atoms with van der Waals surface area (Å²) in [5, 5.41) is 16.0. The molecule has 1 unspecified atom stereocenters. The van der Waals surface area contributed by atoms with Crippen LogP contribution >= 0.6 is 0 Å². The summed E-state index contributed by atoms with van der Waals surface area (Å²) >= 11 is 0. The second-order valence-corrected chi connectivity index (χ2v) is 8.05. The van der Waals surface area contributed by atoms with Crippen LogP contribution in [-0.4, -0.2) is 52.2 Å². The lowest BCUT2D eigenvalue weighted by Crippen LogP contribution is -2.25. The maximum absolute atomic E-state index is 12.8. The molecule has 1 aliphatic rings. The van der Waals surface area contributed by atoms with Crippen molar-refractivity contribution in [2.75, 3.05) is 26.6 Å². The number of benzene rings is 2. The fraction of sp³-hybridized carbons (Fsp3) is 0.240. The van der Waals surface area contributed by atoms with Gasteiger partial charge in [0.25, 0.3) is 5.95 Å². The second-order valence-electron chi connectivity index (χ2n) is 8.05. The van der Waals surface area contributed by atoms with Crippen molar-refractivity contribution in [3.63, 3.8) is 0 Å². The molecule has 1 atom stereocenters. The predicted molar refractivity (Wildman–Crippen MR) is 128 cm³/mol. The number of ether oxygens (including phenoxy) is 3. The average Bonchev–Trinajstić information content (AvgIpc) is 3.23. The normalized spacial score (nSPS) is 14.7. The molecular formula is C25H24N6O4. The van der Waals surface area contributed by atoms with Gasteiger partial charge in [-0.1, -0.05) is 12.1 Å². The molecule has 1 aliphatic heterocycles. The molecule has 3 heterocycles. The second kappa shape index (κ2) is 9.05. The van der Waals surface area contributed by atoms with Crippen molar-refractivity contribution in [1.82, 2.24) is 25.0 Å². The number of carbonyl (C=O) groups is 1. The van der Waals surface area contributed by atoms with E-state index in [1.54, 1.807) is 27.5 Å².